The maximum atomic E-state index is 14.3. The second kappa shape index (κ2) is 7.26. The minimum atomic E-state index is -0.0887. The van der Waals surface area contributed by atoms with Gasteiger partial charge in [-0.05, 0) is 50.3 Å². The zero-order valence-corrected chi connectivity index (χ0v) is 13.8. The highest BCUT2D eigenvalue weighted by Crippen LogP contribution is 2.31. The van der Waals surface area contributed by atoms with E-state index in [1.54, 1.807) is 6.07 Å². The molecule has 1 aromatic carbocycles. The van der Waals surface area contributed by atoms with Crippen LogP contribution in [0.4, 0.5) is 10.1 Å². The van der Waals surface area contributed by atoms with Gasteiger partial charge in [-0.3, -0.25) is 0 Å². The third kappa shape index (κ3) is 4.19. The maximum Gasteiger partial charge on any atom is 0.129 e. The lowest BCUT2D eigenvalue weighted by Crippen LogP contribution is -2.42. The Morgan fingerprint density at radius 2 is 2.05 bits per heavy atom. The van der Waals surface area contributed by atoms with Crippen LogP contribution in [0.5, 0.6) is 0 Å². The van der Waals surface area contributed by atoms with E-state index in [4.69, 9.17) is 0 Å². The topological polar surface area (TPSA) is 15.3 Å². The molecule has 1 saturated heterocycles. The largest absolute Gasteiger partial charge is 0.368 e. The van der Waals surface area contributed by atoms with Crippen LogP contribution in [0.2, 0.25) is 0 Å². The average molecular weight is 292 g/mol. The predicted molar refractivity (Wildman–Crippen MR) is 88.2 cm³/mol. The molecule has 0 bridgehead atoms. The SMILES string of the molecule is CC(C)CNCc1c(F)cccc1N1CC(C)CCC1C. The van der Waals surface area contributed by atoms with Gasteiger partial charge in [0.25, 0.3) is 0 Å². The van der Waals surface area contributed by atoms with Crippen molar-refractivity contribution in [1.29, 1.82) is 0 Å². The second-order valence-corrected chi connectivity index (χ2v) is 6.95. The molecule has 0 aromatic heterocycles. The van der Waals surface area contributed by atoms with E-state index >= 15 is 0 Å². The number of halogens is 1. The van der Waals surface area contributed by atoms with Gasteiger partial charge in [-0.25, -0.2) is 4.39 Å². The first-order chi connectivity index (χ1) is 9.99. The van der Waals surface area contributed by atoms with E-state index < -0.39 is 0 Å². The standard InChI is InChI=1S/C18H29FN2/c1-13(2)10-20-11-16-17(19)6-5-7-18(16)21-12-14(3)8-9-15(21)4/h5-7,13-15,20H,8-12H2,1-4H3. The number of nitrogens with zero attached hydrogens (tertiary/aromatic N) is 1. The first-order valence-corrected chi connectivity index (χ1v) is 8.23. The number of rotatable bonds is 5. The number of benzene rings is 1. The number of nitrogens with one attached hydrogen (secondary N) is 1. The Morgan fingerprint density at radius 3 is 2.76 bits per heavy atom. The van der Waals surface area contributed by atoms with Gasteiger partial charge in [-0.15, -0.1) is 0 Å². The van der Waals surface area contributed by atoms with Crippen LogP contribution >= 0.6 is 0 Å². The minimum Gasteiger partial charge on any atom is -0.368 e. The lowest BCUT2D eigenvalue weighted by Gasteiger charge is -2.39. The van der Waals surface area contributed by atoms with Crippen molar-refractivity contribution in [1.82, 2.24) is 5.32 Å². The van der Waals surface area contributed by atoms with Crippen LogP contribution in [0.15, 0.2) is 18.2 Å². The Balaban J connectivity index is 2.19. The van der Waals surface area contributed by atoms with Gasteiger partial charge >= 0.3 is 0 Å². The summed E-state index contributed by atoms with van der Waals surface area (Å²) in [5, 5.41) is 3.38. The molecule has 1 aromatic rings. The number of anilines is 1. The van der Waals surface area contributed by atoms with Gasteiger partial charge in [-0.2, -0.15) is 0 Å². The first-order valence-electron chi connectivity index (χ1n) is 8.23. The van der Waals surface area contributed by atoms with Crippen LogP contribution in [-0.4, -0.2) is 19.1 Å². The zero-order chi connectivity index (χ0) is 15.4. The van der Waals surface area contributed by atoms with Crippen molar-refractivity contribution in [3.05, 3.63) is 29.6 Å². The fraction of sp³-hybridized carbons (Fsp3) is 0.667. The zero-order valence-electron chi connectivity index (χ0n) is 13.8. The van der Waals surface area contributed by atoms with Crippen molar-refractivity contribution in [2.45, 2.75) is 53.1 Å². The summed E-state index contributed by atoms with van der Waals surface area (Å²) in [7, 11) is 0. The molecule has 0 spiro atoms. The summed E-state index contributed by atoms with van der Waals surface area (Å²) in [6.45, 7) is 11.4. The van der Waals surface area contributed by atoms with Crippen molar-refractivity contribution in [2.75, 3.05) is 18.0 Å². The smallest absolute Gasteiger partial charge is 0.129 e. The third-order valence-corrected chi connectivity index (χ3v) is 4.38. The fourth-order valence-corrected chi connectivity index (χ4v) is 3.10. The molecule has 21 heavy (non-hydrogen) atoms. The van der Waals surface area contributed by atoms with E-state index in [1.165, 1.54) is 12.8 Å². The number of hydrogen-bond donors (Lipinski definition) is 1. The summed E-state index contributed by atoms with van der Waals surface area (Å²) in [5.41, 5.74) is 1.89. The first kappa shape index (κ1) is 16.3. The van der Waals surface area contributed by atoms with Gasteiger partial charge in [-0.1, -0.05) is 26.8 Å². The van der Waals surface area contributed by atoms with E-state index in [0.29, 0.717) is 24.4 Å². The van der Waals surface area contributed by atoms with E-state index in [-0.39, 0.29) is 5.82 Å². The van der Waals surface area contributed by atoms with Gasteiger partial charge in [0.15, 0.2) is 0 Å². The summed E-state index contributed by atoms with van der Waals surface area (Å²) in [6, 6.07) is 5.98. The molecule has 1 aliphatic rings. The van der Waals surface area contributed by atoms with E-state index in [2.05, 4.69) is 44.0 Å². The van der Waals surface area contributed by atoms with Crippen molar-refractivity contribution in [2.24, 2.45) is 11.8 Å². The van der Waals surface area contributed by atoms with Crippen molar-refractivity contribution < 1.29 is 4.39 Å². The summed E-state index contributed by atoms with van der Waals surface area (Å²) >= 11 is 0. The van der Waals surface area contributed by atoms with E-state index in [1.807, 2.05) is 6.07 Å². The van der Waals surface area contributed by atoms with Crippen molar-refractivity contribution in [3.63, 3.8) is 0 Å². The predicted octanol–water partition coefficient (Wildman–Crippen LogP) is 4.20. The van der Waals surface area contributed by atoms with Crippen LogP contribution in [0.3, 0.4) is 0 Å². The van der Waals surface area contributed by atoms with Crippen molar-refractivity contribution in [3.8, 4) is 0 Å². The monoisotopic (exact) mass is 292 g/mol. The lowest BCUT2D eigenvalue weighted by atomic mass is 9.93. The van der Waals surface area contributed by atoms with Gasteiger partial charge in [0.05, 0.1) is 0 Å². The van der Waals surface area contributed by atoms with Crippen LogP contribution in [0, 0.1) is 17.7 Å². The van der Waals surface area contributed by atoms with E-state index in [9.17, 15) is 4.39 Å². The van der Waals surface area contributed by atoms with Gasteiger partial charge in [0, 0.05) is 30.4 Å². The molecule has 1 N–H and O–H groups in total. The molecule has 2 unspecified atom stereocenters. The molecular formula is C18H29FN2. The molecule has 2 rings (SSSR count). The van der Waals surface area contributed by atoms with E-state index in [0.717, 1.165) is 24.3 Å². The number of piperidine rings is 1. The molecule has 3 heteroatoms. The molecule has 1 fully saturated rings. The fourth-order valence-electron chi connectivity index (χ4n) is 3.10. The van der Waals surface area contributed by atoms with Gasteiger partial charge < -0.3 is 10.2 Å². The maximum absolute atomic E-state index is 14.3. The normalized spacial score (nSPS) is 22.9. The summed E-state index contributed by atoms with van der Waals surface area (Å²) in [5.74, 6) is 1.17. The van der Waals surface area contributed by atoms with Gasteiger partial charge in [0.1, 0.15) is 5.82 Å². The molecule has 0 aliphatic carbocycles. The molecule has 0 saturated carbocycles. The molecule has 0 radical (unpaired) electrons. The Kier molecular flexibility index (Phi) is 5.63. The molecule has 2 nitrogen and oxygen atoms in total. The number of hydrogen-bond acceptors (Lipinski definition) is 2. The lowest BCUT2D eigenvalue weighted by molar-refractivity contribution is 0.388. The highest BCUT2D eigenvalue weighted by molar-refractivity contribution is 5.55. The Morgan fingerprint density at radius 1 is 1.29 bits per heavy atom. The summed E-state index contributed by atoms with van der Waals surface area (Å²) in [4.78, 5) is 2.39. The minimum absolute atomic E-state index is 0.0887. The molecule has 1 heterocycles. The second-order valence-electron chi connectivity index (χ2n) is 6.95. The van der Waals surface area contributed by atoms with Crippen LogP contribution in [0.25, 0.3) is 0 Å². The molecule has 1 aliphatic heterocycles. The highest BCUT2D eigenvalue weighted by Gasteiger charge is 2.25. The molecule has 118 valence electrons. The van der Waals surface area contributed by atoms with Gasteiger partial charge in [0.2, 0.25) is 0 Å². The molecule has 2 atom stereocenters. The van der Waals surface area contributed by atoms with Crippen LogP contribution in [0.1, 0.15) is 46.1 Å². The van der Waals surface area contributed by atoms with Crippen LogP contribution in [-0.2, 0) is 6.54 Å². The Hall–Kier alpha value is -1.09. The Labute approximate surface area is 128 Å². The molecular weight excluding hydrogens is 263 g/mol. The average Bonchev–Trinajstić information content (AvgIpc) is 2.43. The molecule has 0 amide bonds. The van der Waals surface area contributed by atoms with Crippen LogP contribution < -0.4 is 10.2 Å². The quantitative estimate of drug-likeness (QED) is 0.875. The third-order valence-electron chi connectivity index (χ3n) is 4.38. The Bertz CT molecular complexity index is 459. The highest BCUT2D eigenvalue weighted by atomic mass is 19.1. The summed E-state index contributed by atoms with van der Waals surface area (Å²) < 4.78 is 14.3. The van der Waals surface area contributed by atoms with Crippen molar-refractivity contribution >= 4 is 5.69 Å². The summed E-state index contributed by atoms with van der Waals surface area (Å²) in [6.07, 6.45) is 2.46.